The Morgan fingerprint density at radius 3 is 1.71 bits per heavy atom. The number of aliphatic hydroxyl groups is 1. The Kier molecular flexibility index (Phi) is 16.9. The van der Waals surface area contributed by atoms with Gasteiger partial charge in [-0.3, -0.25) is 4.79 Å². The Balaban J connectivity index is 3.47. The highest BCUT2D eigenvalue weighted by molar-refractivity contribution is 5.82. The quantitative estimate of drug-likeness (QED) is 0.291. The molecule has 1 atom stereocenters. The van der Waals surface area contributed by atoms with Crippen LogP contribution in [0.3, 0.4) is 0 Å². The van der Waals surface area contributed by atoms with Gasteiger partial charge in [-0.15, -0.1) is 0 Å². The molecule has 0 aliphatic rings. The molecule has 0 amide bonds. The fourth-order valence-corrected chi connectivity index (χ4v) is 2.16. The van der Waals surface area contributed by atoms with Crippen LogP contribution >= 0.6 is 0 Å². The third-order valence-corrected chi connectivity index (χ3v) is 3.72. The molecule has 0 fully saturated rings. The molecule has 1 N–H and O–H groups in total. The van der Waals surface area contributed by atoms with Crippen LogP contribution in [-0.2, 0) is 4.79 Å². The molecule has 24 heavy (non-hydrogen) atoms. The van der Waals surface area contributed by atoms with Crippen molar-refractivity contribution >= 4 is 5.78 Å². The molecule has 0 heterocycles. The van der Waals surface area contributed by atoms with Crippen LogP contribution in [0.25, 0.3) is 0 Å². The first-order valence-corrected chi connectivity index (χ1v) is 9.49. The van der Waals surface area contributed by atoms with Crippen molar-refractivity contribution in [2.75, 3.05) is 0 Å². The molecule has 0 aromatic carbocycles. The smallest absolute Gasteiger partial charge is 0.160 e. The molecule has 0 rings (SSSR count). The van der Waals surface area contributed by atoms with E-state index < -0.39 is 6.10 Å². The minimum Gasteiger partial charge on any atom is -0.386 e. The first-order chi connectivity index (χ1) is 11.7. The van der Waals surface area contributed by atoms with Gasteiger partial charge in [0.1, 0.15) is 6.10 Å². The van der Waals surface area contributed by atoms with Crippen molar-refractivity contribution in [3.8, 4) is 0 Å². The fraction of sp³-hybridized carbons (Fsp3) is 0.591. The number of ketones is 1. The van der Waals surface area contributed by atoms with Crippen molar-refractivity contribution < 1.29 is 9.90 Å². The lowest BCUT2D eigenvalue weighted by Crippen LogP contribution is -2.15. The average molecular weight is 333 g/mol. The van der Waals surface area contributed by atoms with Gasteiger partial charge in [-0.25, -0.2) is 0 Å². The zero-order chi connectivity index (χ0) is 17.9. The minimum absolute atomic E-state index is 0.0640. The van der Waals surface area contributed by atoms with E-state index in [0.29, 0.717) is 6.42 Å². The topological polar surface area (TPSA) is 37.3 Å². The normalized spacial score (nSPS) is 13.8. The van der Waals surface area contributed by atoms with Crippen LogP contribution in [0.1, 0.15) is 78.1 Å². The van der Waals surface area contributed by atoms with Crippen molar-refractivity contribution in [1.82, 2.24) is 0 Å². The summed E-state index contributed by atoms with van der Waals surface area (Å²) >= 11 is 0. The standard InChI is InChI=1S/C22H36O2/c1-3-4-5-6-7-8-9-10-11-12-13-14-15-16-17-18-19-20-22(24)21(2)23/h7-8,10-11,13-14,16-17,21,23H,3-6,9,12,15,18-20H2,1-2H3/b8-7-,11-10-,14-13-,17-16-. The lowest BCUT2D eigenvalue weighted by Gasteiger charge is -2.00. The van der Waals surface area contributed by atoms with E-state index in [1.807, 2.05) is 0 Å². The van der Waals surface area contributed by atoms with Crippen LogP contribution in [0.15, 0.2) is 48.6 Å². The van der Waals surface area contributed by atoms with Crippen molar-refractivity contribution in [2.45, 2.75) is 84.2 Å². The Labute approximate surface area is 149 Å². The van der Waals surface area contributed by atoms with Crippen LogP contribution < -0.4 is 0 Å². The van der Waals surface area contributed by atoms with E-state index in [2.05, 4.69) is 55.5 Å². The summed E-state index contributed by atoms with van der Waals surface area (Å²) in [5.41, 5.74) is 0. The molecule has 0 aliphatic heterocycles. The number of hydrogen-bond donors (Lipinski definition) is 1. The van der Waals surface area contributed by atoms with Crippen LogP contribution in [-0.4, -0.2) is 17.0 Å². The minimum atomic E-state index is -0.818. The number of carbonyl (C=O) groups excluding carboxylic acids is 1. The zero-order valence-electron chi connectivity index (χ0n) is 15.6. The van der Waals surface area contributed by atoms with E-state index in [4.69, 9.17) is 5.11 Å². The molecule has 2 heteroatoms. The van der Waals surface area contributed by atoms with E-state index >= 15 is 0 Å². The van der Waals surface area contributed by atoms with Gasteiger partial charge in [0.05, 0.1) is 0 Å². The summed E-state index contributed by atoms with van der Waals surface area (Å²) in [5.74, 6) is -0.0640. The molecular formula is C22H36O2. The Bertz CT molecular complexity index is 400. The second-order valence-electron chi connectivity index (χ2n) is 6.12. The fourth-order valence-electron chi connectivity index (χ4n) is 2.16. The molecule has 0 saturated carbocycles. The highest BCUT2D eigenvalue weighted by Gasteiger charge is 2.06. The molecular weight excluding hydrogens is 296 g/mol. The second-order valence-corrected chi connectivity index (χ2v) is 6.12. The first-order valence-electron chi connectivity index (χ1n) is 9.49. The van der Waals surface area contributed by atoms with Crippen molar-refractivity contribution in [1.29, 1.82) is 0 Å². The summed E-state index contributed by atoms with van der Waals surface area (Å²) in [6.07, 6.45) is 27.0. The number of Topliss-reactive ketones (excluding diaryl/α,β-unsaturated/α-hetero) is 1. The van der Waals surface area contributed by atoms with Crippen LogP contribution in [0.5, 0.6) is 0 Å². The van der Waals surface area contributed by atoms with E-state index in [0.717, 1.165) is 32.1 Å². The SMILES string of the molecule is CCCCC/C=C\C/C=C\C/C=C\C/C=C\CCCC(=O)C(C)O. The van der Waals surface area contributed by atoms with Gasteiger partial charge in [0, 0.05) is 6.42 Å². The van der Waals surface area contributed by atoms with Gasteiger partial charge in [0.15, 0.2) is 5.78 Å². The zero-order valence-corrected chi connectivity index (χ0v) is 15.6. The second kappa shape index (κ2) is 17.9. The third kappa shape index (κ3) is 17.0. The summed E-state index contributed by atoms with van der Waals surface area (Å²) in [6, 6.07) is 0. The van der Waals surface area contributed by atoms with Crippen molar-refractivity contribution in [3.63, 3.8) is 0 Å². The molecule has 0 spiro atoms. The van der Waals surface area contributed by atoms with E-state index in [1.54, 1.807) is 0 Å². The largest absolute Gasteiger partial charge is 0.386 e. The van der Waals surface area contributed by atoms with Gasteiger partial charge in [0.2, 0.25) is 0 Å². The summed E-state index contributed by atoms with van der Waals surface area (Å²) < 4.78 is 0. The van der Waals surface area contributed by atoms with Crippen LogP contribution in [0, 0.1) is 0 Å². The molecule has 1 unspecified atom stereocenters. The van der Waals surface area contributed by atoms with Gasteiger partial charge < -0.3 is 5.11 Å². The maximum Gasteiger partial charge on any atom is 0.160 e. The van der Waals surface area contributed by atoms with Gasteiger partial charge in [-0.1, -0.05) is 68.4 Å². The number of aliphatic hydroxyl groups excluding tert-OH is 1. The van der Waals surface area contributed by atoms with Crippen LogP contribution in [0.4, 0.5) is 0 Å². The predicted octanol–water partition coefficient (Wildman–Crippen LogP) is 6.08. The molecule has 136 valence electrons. The Morgan fingerprint density at radius 1 is 0.792 bits per heavy atom. The number of carbonyl (C=O) groups is 1. The molecule has 0 radical (unpaired) electrons. The monoisotopic (exact) mass is 332 g/mol. The molecule has 0 aromatic heterocycles. The van der Waals surface area contributed by atoms with Crippen molar-refractivity contribution in [3.05, 3.63) is 48.6 Å². The maximum atomic E-state index is 11.2. The lowest BCUT2D eigenvalue weighted by atomic mass is 10.1. The van der Waals surface area contributed by atoms with Crippen LogP contribution in [0.2, 0.25) is 0 Å². The maximum absolute atomic E-state index is 11.2. The lowest BCUT2D eigenvalue weighted by molar-refractivity contribution is -0.126. The van der Waals surface area contributed by atoms with Gasteiger partial charge in [0.25, 0.3) is 0 Å². The number of hydrogen-bond acceptors (Lipinski definition) is 2. The van der Waals surface area contributed by atoms with Gasteiger partial charge in [-0.05, 0) is 51.9 Å². The van der Waals surface area contributed by atoms with Crippen molar-refractivity contribution in [2.24, 2.45) is 0 Å². The van der Waals surface area contributed by atoms with Gasteiger partial charge in [-0.2, -0.15) is 0 Å². The Hall–Kier alpha value is -1.41. The first kappa shape index (κ1) is 22.6. The van der Waals surface area contributed by atoms with E-state index in [9.17, 15) is 4.79 Å². The third-order valence-electron chi connectivity index (χ3n) is 3.72. The summed E-state index contributed by atoms with van der Waals surface area (Å²) in [6.45, 7) is 3.76. The molecule has 0 saturated heterocycles. The summed E-state index contributed by atoms with van der Waals surface area (Å²) in [4.78, 5) is 11.2. The van der Waals surface area contributed by atoms with Gasteiger partial charge >= 0.3 is 0 Å². The number of unbranched alkanes of at least 4 members (excludes halogenated alkanes) is 4. The molecule has 0 aromatic rings. The summed E-state index contributed by atoms with van der Waals surface area (Å²) in [7, 11) is 0. The van der Waals surface area contributed by atoms with E-state index in [-0.39, 0.29) is 5.78 Å². The predicted molar refractivity (Wildman–Crippen MR) is 105 cm³/mol. The highest BCUT2D eigenvalue weighted by Crippen LogP contribution is 2.02. The Morgan fingerprint density at radius 2 is 1.25 bits per heavy atom. The number of rotatable bonds is 15. The van der Waals surface area contributed by atoms with E-state index in [1.165, 1.54) is 32.6 Å². The highest BCUT2D eigenvalue weighted by atomic mass is 16.3. The number of allylic oxidation sites excluding steroid dienone is 8. The average Bonchev–Trinajstić information content (AvgIpc) is 2.57. The molecule has 2 nitrogen and oxygen atoms in total. The summed E-state index contributed by atoms with van der Waals surface area (Å²) in [5, 5.41) is 9.07. The molecule has 0 aliphatic carbocycles. The molecule has 0 bridgehead atoms.